The quantitative estimate of drug-likeness (QED) is 0.740. The summed E-state index contributed by atoms with van der Waals surface area (Å²) in [5, 5.41) is 3.38. The maximum absolute atomic E-state index is 3.38. The van der Waals surface area contributed by atoms with Crippen molar-refractivity contribution >= 4 is 11.8 Å². The summed E-state index contributed by atoms with van der Waals surface area (Å²) in [5.74, 6) is 1.95. The first kappa shape index (κ1) is 12.6. The topological polar surface area (TPSA) is 12.0 Å². The molecular weight excluding hydrogens is 202 g/mol. The maximum atomic E-state index is 3.38. The van der Waals surface area contributed by atoms with E-state index in [0.717, 1.165) is 19.0 Å². The van der Waals surface area contributed by atoms with Crippen LogP contribution in [-0.2, 0) is 6.54 Å². The molecule has 0 saturated carbocycles. The van der Waals surface area contributed by atoms with Gasteiger partial charge >= 0.3 is 0 Å². The van der Waals surface area contributed by atoms with Crippen LogP contribution in [0.15, 0.2) is 29.2 Å². The molecule has 0 spiro atoms. The van der Waals surface area contributed by atoms with Crippen LogP contribution in [0.25, 0.3) is 0 Å². The van der Waals surface area contributed by atoms with E-state index in [9.17, 15) is 0 Å². The van der Waals surface area contributed by atoms with Gasteiger partial charge in [-0.2, -0.15) is 0 Å². The molecule has 0 atom stereocenters. The average molecular weight is 223 g/mol. The Bertz CT molecular complexity index is 284. The van der Waals surface area contributed by atoms with E-state index in [0.29, 0.717) is 0 Å². The third-order valence-electron chi connectivity index (χ3n) is 2.11. The molecule has 15 heavy (non-hydrogen) atoms. The lowest BCUT2D eigenvalue weighted by molar-refractivity contribution is 0.716. The number of hydrogen-bond acceptors (Lipinski definition) is 2. The molecule has 1 nitrogen and oxygen atoms in total. The van der Waals surface area contributed by atoms with Crippen LogP contribution >= 0.6 is 11.8 Å². The van der Waals surface area contributed by atoms with Gasteiger partial charge in [0.2, 0.25) is 0 Å². The molecule has 0 radical (unpaired) electrons. The van der Waals surface area contributed by atoms with E-state index in [1.807, 2.05) is 11.8 Å². The standard InChI is InChI=1S/C13H21NS/c1-4-14-9-12-7-5-6-8-13(12)15-10-11(2)3/h5-8,11,14H,4,9-10H2,1-3H3. The van der Waals surface area contributed by atoms with Crippen LogP contribution in [0.1, 0.15) is 26.3 Å². The van der Waals surface area contributed by atoms with Crippen molar-refractivity contribution in [2.75, 3.05) is 12.3 Å². The minimum absolute atomic E-state index is 0.752. The molecule has 0 aliphatic rings. The monoisotopic (exact) mass is 223 g/mol. The summed E-state index contributed by atoms with van der Waals surface area (Å²) in [6.07, 6.45) is 0. The van der Waals surface area contributed by atoms with Crippen LogP contribution in [0, 0.1) is 5.92 Å². The SMILES string of the molecule is CCNCc1ccccc1SCC(C)C. The lowest BCUT2D eigenvalue weighted by Gasteiger charge is -2.10. The predicted octanol–water partition coefficient (Wildman–Crippen LogP) is 3.54. The zero-order chi connectivity index (χ0) is 11.1. The smallest absolute Gasteiger partial charge is 0.0216 e. The number of hydrogen-bond donors (Lipinski definition) is 1. The van der Waals surface area contributed by atoms with E-state index in [4.69, 9.17) is 0 Å². The number of nitrogens with one attached hydrogen (secondary N) is 1. The summed E-state index contributed by atoms with van der Waals surface area (Å²) in [6, 6.07) is 8.68. The molecule has 1 aromatic rings. The lowest BCUT2D eigenvalue weighted by Crippen LogP contribution is -2.12. The molecule has 84 valence electrons. The molecule has 0 aromatic heterocycles. The normalized spacial score (nSPS) is 10.9. The number of thioether (sulfide) groups is 1. The highest BCUT2D eigenvalue weighted by atomic mass is 32.2. The largest absolute Gasteiger partial charge is 0.313 e. The first-order valence-electron chi connectivity index (χ1n) is 5.65. The van der Waals surface area contributed by atoms with Crippen LogP contribution in [0.4, 0.5) is 0 Å². The van der Waals surface area contributed by atoms with E-state index in [1.165, 1.54) is 16.2 Å². The van der Waals surface area contributed by atoms with Crippen molar-refractivity contribution in [3.05, 3.63) is 29.8 Å². The molecule has 0 heterocycles. The van der Waals surface area contributed by atoms with Gasteiger partial charge in [0.15, 0.2) is 0 Å². The molecule has 1 rings (SSSR count). The second kappa shape index (κ2) is 6.91. The van der Waals surface area contributed by atoms with Gasteiger partial charge in [-0.15, -0.1) is 11.8 Å². The third kappa shape index (κ3) is 4.72. The van der Waals surface area contributed by atoms with Crippen LogP contribution in [-0.4, -0.2) is 12.3 Å². The van der Waals surface area contributed by atoms with E-state index in [1.54, 1.807) is 0 Å². The van der Waals surface area contributed by atoms with Gasteiger partial charge in [-0.3, -0.25) is 0 Å². The van der Waals surface area contributed by atoms with Crippen LogP contribution < -0.4 is 5.32 Å². The van der Waals surface area contributed by atoms with Crippen molar-refractivity contribution in [1.82, 2.24) is 5.32 Å². The zero-order valence-corrected chi connectivity index (χ0v) is 10.7. The Morgan fingerprint density at radius 1 is 1.27 bits per heavy atom. The van der Waals surface area contributed by atoms with Crippen molar-refractivity contribution < 1.29 is 0 Å². The van der Waals surface area contributed by atoms with Crippen LogP contribution in [0.5, 0.6) is 0 Å². The molecule has 0 amide bonds. The Hall–Kier alpha value is -0.470. The van der Waals surface area contributed by atoms with Crippen molar-refractivity contribution in [3.63, 3.8) is 0 Å². The Kier molecular flexibility index (Phi) is 5.81. The molecule has 0 aliphatic carbocycles. The lowest BCUT2D eigenvalue weighted by atomic mass is 10.2. The average Bonchev–Trinajstić information content (AvgIpc) is 2.24. The van der Waals surface area contributed by atoms with Crippen molar-refractivity contribution in [2.24, 2.45) is 5.92 Å². The van der Waals surface area contributed by atoms with Gasteiger partial charge in [0.05, 0.1) is 0 Å². The van der Waals surface area contributed by atoms with E-state index >= 15 is 0 Å². The molecule has 1 N–H and O–H groups in total. The van der Waals surface area contributed by atoms with Gasteiger partial charge < -0.3 is 5.32 Å². The predicted molar refractivity (Wildman–Crippen MR) is 69.4 cm³/mol. The molecule has 0 fully saturated rings. The molecular formula is C13H21NS. The van der Waals surface area contributed by atoms with Gasteiger partial charge in [-0.25, -0.2) is 0 Å². The minimum Gasteiger partial charge on any atom is -0.313 e. The number of benzene rings is 1. The third-order valence-corrected chi connectivity index (χ3v) is 3.65. The highest BCUT2D eigenvalue weighted by Gasteiger charge is 2.02. The Morgan fingerprint density at radius 2 is 2.00 bits per heavy atom. The van der Waals surface area contributed by atoms with E-state index < -0.39 is 0 Å². The van der Waals surface area contributed by atoms with Crippen molar-refractivity contribution in [2.45, 2.75) is 32.2 Å². The molecule has 0 saturated heterocycles. The van der Waals surface area contributed by atoms with Crippen LogP contribution in [0.3, 0.4) is 0 Å². The van der Waals surface area contributed by atoms with E-state index in [-0.39, 0.29) is 0 Å². The summed E-state index contributed by atoms with van der Waals surface area (Å²) in [6.45, 7) is 8.69. The second-order valence-corrected chi connectivity index (χ2v) is 5.15. The fourth-order valence-electron chi connectivity index (χ4n) is 1.31. The molecule has 2 heteroatoms. The van der Waals surface area contributed by atoms with E-state index in [2.05, 4.69) is 50.4 Å². The first-order chi connectivity index (χ1) is 7.24. The fraction of sp³-hybridized carbons (Fsp3) is 0.538. The second-order valence-electron chi connectivity index (χ2n) is 4.09. The summed E-state index contributed by atoms with van der Waals surface area (Å²) in [5.41, 5.74) is 1.42. The number of rotatable bonds is 6. The van der Waals surface area contributed by atoms with Gasteiger partial charge in [-0.1, -0.05) is 39.0 Å². The van der Waals surface area contributed by atoms with Gasteiger partial charge in [0, 0.05) is 17.2 Å². The van der Waals surface area contributed by atoms with Gasteiger partial charge in [0.1, 0.15) is 0 Å². The van der Waals surface area contributed by atoms with Gasteiger partial charge in [-0.05, 0) is 24.1 Å². The Labute approximate surface area is 97.7 Å². The highest BCUT2D eigenvalue weighted by molar-refractivity contribution is 7.99. The first-order valence-corrected chi connectivity index (χ1v) is 6.64. The van der Waals surface area contributed by atoms with Gasteiger partial charge in [0.25, 0.3) is 0 Å². The zero-order valence-electron chi connectivity index (χ0n) is 9.92. The van der Waals surface area contributed by atoms with Crippen molar-refractivity contribution in [3.8, 4) is 0 Å². The summed E-state index contributed by atoms with van der Waals surface area (Å²) in [7, 11) is 0. The summed E-state index contributed by atoms with van der Waals surface area (Å²) in [4.78, 5) is 1.42. The van der Waals surface area contributed by atoms with Crippen molar-refractivity contribution in [1.29, 1.82) is 0 Å². The maximum Gasteiger partial charge on any atom is 0.0216 e. The molecule has 0 bridgehead atoms. The fourth-order valence-corrected chi connectivity index (χ4v) is 2.32. The minimum atomic E-state index is 0.752. The van der Waals surface area contributed by atoms with Crippen LogP contribution in [0.2, 0.25) is 0 Å². The Balaban J connectivity index is 2.59. The molecule has 0 unspecified atom stereocenters. The summed E-state index contributed by atoms with van der Waals surface area (Å²) < 4.78 is 0. The highest BCUT2D eigenvalue weighted by Crippen LogP contribution is 2.24. The molecule has 0 aliphatic heterocycles. The molecule has 1 aromatic carbocycles. The summed E-state index contributed by atoms with van der Waals surface area (Å²) >= 11 is 1.97. The Morgan fingerprint density at radius 3 is 2.67 bits per heavy atom.